The van der Waals surface area contributed by atoms with Gasteiger partial charge in [0.25, 0.3) is 0 Å². The van der Waals surface area contributed by atoms with Crippen molar-refractivity contribution in [1.29, 1.82) is 0 Å². The largest absolute Gasteiger partial charge is 0.481 e. The number of carbonyl (C=O) groups is 2. The SMILES string of the molecule is O=C(O)CCCCCCNC(=O)Cc1csc(-c2ccccc2Cl)n1. The predicted octanol–water partition coefficient (Wildman–Crippen LogP) is 4.16. The molecule has 0 spiro atoms. The average molecular weight is 381 g/mol. The molecule has 1 amide bonds. The van der Waals surface area contributed by atoms with Crippen molar-refractivity contribution >= 4 is 34.8 Å². The zero-order chi connectivity index (χ0) is 18.1. The molecule has 0 aliphatic rings. The Labute approximate surface area is 156 Å². The van der Waals surface area contributed by atoms with Gasteiger partial charge in [-0.05, 0) is 18.9 Å². The average Bonchev–Trinajstić information content (AvgIpc) is 3.02. The number of carbonyl (C=O) groups excluding carboxylic acids is 1. The molecule has 1 aromatic heterocycles. The molecule has 1 aromatic carbocycles. The standard InChI is InChI=1S/C18H21ClN2O3S/c19-15-8-5-4-7-14(15)18-21-13(12-25-18)11-16(22)20-10-6-2-1-3-9-17(23)24/h4-5,7-8,12H,1-3,6,9-11H2,(H,20,22)(H,23,24). The van der Waals surface area contributed by atoms with Crippen molar-refractivity contribution in [3.05, 3.63) is 40.4 Å². The van der Waals surface area contributed by atoms with Gasteiger partial charge in [0.1, 0.15) is 5.01 Å². The molecule has 0 atom stereocenters. The second-order valence-corrected chi connectivity index (χ2v) is 6.97. The molecule has 0 bridgehead atoms. The Morgan fingerprint density at radius 2 is 1.92 bits per heavy atom. The molecule has 7 heteroatoms. The fraction of sp³-hybridized carbons (Fsp3) is 0.389. The van der Waals surface area contributed by atoms with Crippen molar-refractivity contribution in [2.45, 2.75) is 38.5 Å². The van der Waals surface area contributed by atoms with Gasteiger partial charge in [-0.25, -0.2) is 4.98 Å². The van der Waals surface area contributed by atoms with E-state index in [0.717, 1.165) is 35.5 Å². The van der Waals surface area contributed by atoms with Crippen LogP contribution in [-0.4, -0.2) is 28.5 Å². The molecular weight excluding hydrogens is 360 g/mol. The first-order chi connectivity index (χ1) is 12.1. The van der Waals surface area contributed by atoms with Crippen LogP contribution in [0.15, 0.2) is 29.6 Å². The summed E-state index contributed by atoms with van der Waals surface area (Å²) in [5.41, 5.74) is 1.61. The number of carboxylic acids is 1. The number of carboxylic acid groups (broad SMARTS) is 1. The Hall–Kier alpha value is -1.92. The molecular formula is C18H21ClN2O3S. The third kappa shape index (κ3) is 6.84. The Morgan fingerprint density at radius 3 is 2.68 bits per heavy atom. The number of hydrogen-bond acceptors (Lipinski definition) is 4. The first-order valence-corrected chi connectivity index (χ1v) is 9.50. The van der Waals surface area contributed by atoms with E-state index in [1.165, 1.54) is 11.3 Å². The number of aliphatic carboxylic acids is 1. The monoisotopic (exact) mass is 380 g/mol. The summed E-state index contributed by atoms with van der Waals surface area (Å²) in [6.07, 6.45) is 3.79. The molecule has 0 aliphatic carbocycles. The van der Waals surface area contributed by atoms with Crippen molar-refractivity contribution in [3.8, 4) is 10.6 Å². The van der Waals surface area contributed by atoms with Crippen LogP contribution in [0.25, 0.3) is 10.6 Å². The molecule has 0 radical (unpaired) electrons. The van der Waals surface area contributed by atoms with Crippen molar-refractivity contribution in [2.24, 2.45) is 0 Å². The summed E-state index contributed by atoms with van der Waals surface area (Å²) in [5, 5.41) is 14.8. The summed E-state index contributed by atoms with van der Waals surface area (Å²) in [4.78, 5) is 26.8. The normalized spacial score (nSPS) is 10.6. The number of benzene rings is 1. The van der Waals surface area contributed by atoms with Crippen LogP contribution in [0.1, 0.15) is 37.8 Å². The highest BCUT2D eigenvalue weighted by Crippen LogP contribution is 2.30. The lowest BCUT2D eigenvalue weighted by atomic mass is 10.1. The predicted molar refractivity (Wildman–Crippen MR) is 100.0 cm³/mol. The molecule has 5 nitrogen and oxygen atoms in total. The highest BCUT2D eigenvalue weighted by Gasteiger charge is 2.10. The smallest absolute Gasteiger partial charge is 0.303 e. The van der Waals surface area contributed by atoms with Gasteiger partial charge in [0.05, 0.1) is 17.1 Å². The number of nitrogens with one attached hydrogen (secondary N) is 1. The van der Waals surface area contributed by atoms with Gasteiger partial charge in [-0.2, -0.15) is 0 Å². The molecule has 0 saturated carbocycles. The van der Waals surface area contributed by atoms with E-state index in [2.05, 4.69) is 10.3 Å². The number of unbranched alkanes of at least 4 members (excludes halogenated alkanes) is 3. The molecule has 2 aromatic rings. The maximum atomic E-state index is 12.0. The first kappa shape index (κ1) is 19.4. The van der Waals surface area contributed by atoms with Gasteiger partial charge in [0, 0.05) is 23.9 Å². The Kier molecular flexibility index (Phi) is 7.88. The molecule has 1 heterocycles. The van der Waals surface area contributed by atoms with E-state index in [-0.39, 0.29) is 18.7 Å². The summed E-state index contributed by atoms with van der Waals surface area (Å²) in [7, 11) is 0. The van der Waals surface area contributed by atoms with Gasteiger partial charge < -0.3 is 10.4 Å². The zero-order valence-electron chi connectivity index (χ0n) is 13.8. The molecule has 0 unspecified atom stereocenters. The van der Waals surface area contributed by atoms with E-state index >= 15 is 0 Å². The van der Waals surface area contributed by atoms with E-state index < -0.39 is 5.97 Å². The lowest BCUT2D eigenvalue weighted by Crippen LogP contribution is -2.26. The van der Waals surface area contributed by atoms with Gasteiger partial charge in [-0.1, -0.05) is 42.6 Å². The second kappa shape index (κ2) is 10.2. The maximum absolute atomic E-state index is 12.0. The van der Waals surface area contributed by atoms with Crippen LogP contribution in [0, 0.1) is 0 Å². The summed E-state index contributed by atoms with van der Waals surface area (Å²) in [6, 6.07) is 7.51. The van der Waals surface area contributed by atoms with Gasteiger partial charge in [-0.15, -0.1) is 11.3 Å². The summed E-state index contributed by atoms with van der Waals surface area (Å²) in [6.45, 7) is 0.605. The lowest BCUT2D eigenvalue weighted by Gasteiger charge is -2.04. The van der Waals surface area contributed by atoms with E-state index in [4.69, 9.17) is 16.7 Å². The lowest BCUT2D eigenvalue weighted by molar-refractivity contribution is -0.137. The minimum Gasteiger partial charge on any atom is -0.481 e. The highest BCUT2D eigenvalue weighted by atomic mass is 35.5. The van der Waals surface area contributed by atoms with E-state index in [1.807, 2.05) is 29.6 Å². The third-order valence-electron chi connectivity index (χ3n) is 3.64. The number of thiazole rings is 1. The number of halogens is 1. The van der Waals surface area contributed by atoms with Gasteiger partial charge in [0.2, 0.25) is 5.91 Å². The number of aromatic nitrogens is 1. The van der Waals surface area contributed by atoms with Crippen molar-refractivity contribution in [1.82, 2.24) is 10.3 Å². The summed E-state index contributed by atoms with van der Waals surface area (Å²) < 4.78 is 0. The maximum Gasteiger partial charge on any atom is 0.303 e. The first-order valence-electron chi connectivity index (χ1n) is 8.24. The third-order valence-corrected chi connectivity index (χ3v) is 4.89. The molecule has 25 heavy (non-hydrogen) atoms. The van der Waals surface area contributed by atoms with E-state index in [1.54, 1.807) is 0 Å². The number of rotatable bonds is 10. The minimum absolute atomic E-state index is 0.0541. The molecule has 2 rings (SSSR count). The van der Waals surface area contributed by atoms with E-state index in [0.29, 0.717) is 18.0 Å². The summed E-state index contributed by atoms with van der Waals surface area (Å²) in [5.74, 6) is -0.811. The minimum atomic E-state index is -0.757. The topological polar surface area (TPSA) is 79.3 Å². The quantitative estimate of drug-likeness (QED) is 0.606. The fourth-order valence-corrected chi connectivity index (χ4v) is 3.50. The van der Waals surface area contributed by atoms with Crippen LogP contribution < -0.4 is 5.32 Å². The van der Waals surface area contributed by atoms with Crippen molar-refractivity contribution < 1.29 is 14.7 Å². The molecule has 0 saturated heterocycles. The zero-order valence-corrected chi connectivity index (χ0v) is 15.4. The van der Waals surface area contributed by atoms with Crippen LogP contribution in [0.3, 0.4) is 0 Å². The van der Waals surface area contributed by atoms with Gasteiger partial charge in [0.15, 0.2) is 0 Å². The van der Waals surface area contributed by atoms with Gasteiger partial charge in [-0.3, -0.25) is 9.59 Å². The molecule has 0 fully saturated rings. The molecule has 0 aliphatic heterocycles. The van der Waals surface area contributed by atoms with Crippen LogP contribution >= 0.6 is 22.9 Å². The Balaban J connectivity index is 1.69. The fourth-order valence-electron chi connectivity index (χ4n) is 2.36. The number of nitrogens with zero attached hydrogens (tertiary/aromatic N) is 1. The van der Waals surface area contributed by atoms with Crippen LogP contribution in [0.2, 0.25) is 5.02 Å². The van der Waals surface area contributed by atoms with Crippen molar-refractivity contribution in [3.63, 3.8) is 0 Å². The Morgan fingerprint density at radius 1 is 1.16 bits per heavy atom. The molecule has 2 N–H and O–H groups in total. The Bertz CT molecular complexity index is 718. The van der Waals surface area contributed by atoms with E-state index in [9.17, 15) is 9.59 Å². The number of hydrogen-bond donors (Lipinski definition) is 2. The number of amides is 1. The molecule has 134 valence electrons. The summed E-state index contributed by atoms with van der Waals surface area (Å²) >= 11 is 7.64. The van der Waals surface area contributed by atoms with Crippen LogP contribution in [-0.2, 0) is 16.0 Å². The van der Waals surface area contributed by atoms with Crippen molar-refractivity contribution in [2.75, 3.05) is 6.54 Å². The second-order valence-electron chi connectivity index (χ2n) is 5.71. The van der Waals surface area contributed by atoms with Crippen LogP contribution in [0.5, 0.6) is 0 Å². The van der Waals surface area contributed by atoms with Gasteiger partial charge >= 0.3 is 5.97 Å². The van der Waals surface area contributed by atoms with Crippen LogP contribution in [0.4, 0.5) is 0 Å². The highest BCUT2D eigenvalue weighted by molar-refractivity contribution is 7.13.